The lowest BCUT2D eigenvalue weighted by Gasteiger charge is -2.20. The summed E-state index contributed by atoms with van der Waals surface area (Å²) in [5.41, 5.74) is 3.21. The van der Waals surface area contributed by atoms with Gasteiger partial charge in [-0.2, -0.15) is 5.06 Å². The number of amides is 1. The van der Waals surface area contributed by atoms with Crippen LogP contribution in [0.5, 0.6) is 5.75 Å². The number of hydrogen-bond donors (Lipinski definition) is 1. The first-order valence-electron chi connectivity index (χ1n) is 7.99. The van der Waals surface area contributed by atoms with Crippen LogP contribution in [0.3, 0.4) is 0 Å². The molecule has 0 aliphatic carbocycles. The Morgan fingerprint density at radius 3 is 2.62 bits per heavy atom. The number of para-hydroxylation sites is 1. The number of anilines is 1. The molecular weight excluding hydrogens is 326 g/mol. The van der Waals surface area contributed by atoms with Crippen molar-refractivity contribution in [2.24, 2.45) is 0 Å². The zero-order valence-electron chi connectivity index (χ0n) is 14.2. The summed E-state index contributed by atoms with van der Waals surface area (Å²) in [6, 6.07) is 11.2. The van der Waals surface area contributed by atoms with Crippen molar-refractivity contribution in [3.8, 4) is 5.75 Å². The Labute approximate surface area is 147 Å². The number of nitrogens with zero attached hydrogens (tertiary/aromatic N) is 1. The Hall–Kier alpha value is -2.04. The van der Waals surface area contributed by atoms with E-state index in [0.717, 1.165) is 17.7 Å². The van der Waals surface area contributed by atoms with E-state index in [-0.39, 0.29) is 18.7 Å². The fourth-order valence-electron chi connectivity index (χ4n) is 2.44. The Morgan fingerprint density at radius 1 is 1.25 bits per heavy atom. The molecule has 0 heterocycles. The van der Waals surface area contributed by atoms with Crippen molar-refractivity contribution in [2.45, 2.75) is 40.2 Å². The van der Waals surface area contributed by atoms with Gasteiger partial charge < -0.3 is 4.74 Å². The highest BCUT2D eigenvalue weighted by Crippen LogP contribution is 2.31. The SMILES string of the molecule is CCC(=O)N(O)c1c(Cl)cccc1COc1ccc(CC)cc1C. The molecule has 1 amide bonds. The van der Waals surface area contributed by atoms with Crippen LogP contribution in [0.4, 0.5) is 5.69 Å². The number of benzene rings is 2. The van der Waals surface area contributed by atoms with E-state index in [1.807, 2.05) is 19.1 Å². The van der Waals surface area contributed by atoms with Crippen LogP contribution in [-0.2, 0) is 17.8 Å². The van der Waals surface area contributed by atoms with Gasteiger partial charge in [-0.15, -0.1) is 0 Å². The van der Waals surface area contributed by atoms with Crippen molar-refractivity contribution in [1.82, 2.24) is 0 Å². The smallest absolute Gasteiger partial charge is 0.250 e. The van der Waals surface area contributed by atoms with Crippen LogP contribution in [-0.4, -0.2) is 11.1 Å². The van der Waals surface area contributed by atoms with Crippen molar-refractivity contribution >= 4 is 23.2 Å². The number of carbonyl (C=O) groups excluding carboxylic acids is 1. The fraction of sp³-hybridized carbons (Fsp3) is 0.316. The van der Waals surface area contributed by atoms with Gasteiger partial charge in [-0.25, -0.2) is 0 Å². The third-order valence-corrected chi connectivity index (χ3v) is 4.16. The summed E-state index contributed by atoms with van der Waals surface area (Å²) in [5.74, 6) is 0.345. The zero-order valence-corrected chi connectivity index (χ0v) is 14.9. The highest BCUT2D eigenvalue weighted by molar-refractivity contribution is 6.33. The zero-order chi connectivity index (χ0) is 17.7. The molecule has 128 valence electrons. The third-order valence-electron chi connectivity index (χ3n) is 3.85. The number of ether oxygens (including phenoxy) is 1. The van der Waals surface area contributed by atoms with Gasteiger partial charge in [-0.3, -0.25) is 10.0 Å². The van der Waals surface area contributed by atoms with Crippen LogP contribution in [0.25, 0.3) is 0 Å². The van der Waals surface area contributed by atoms with E-state index in [4.69, 9.17) is 16.3 Å². The lowest BCUT2D eigenvalue weighted by molar-refractivity contribution is -0.123. The van der Waals surface area contributed by atoms with Gasteiger partial charge in [-0.1, -0.05) is 49.7 Å². The highest BCUT2D eigenvalue weighted by Gasteiger charge is 2.19. The maximum absolute atomic E-state index is 11.8. The van der Waals surface area contributed by atoms with Crippen LogP contribution >= 0.6 is 11.6 Å². The molecule has 1 N–H and O–H groups in total. The fourth-order valence-corrected chi connectivity index (χ4v) is 2.71. The number of aryl methyl sites for hydroxylation is 2. The van der Waals surface area contributed by atoms with Crippen LogP contribution in [0, 0.1) is 6.92 Å². The van der Waals surface area contributed by atoms with E-state index < -0.39 is 5.91 Å². The number of halogens is 1. The molecule has 0 fully saturated rings. The lowest BCUT2D eigenvalue weighted by Crippen LogP contribution is -2.27. The number of rotatable bonds is 6. The maximum atomic E-state index is 11.8. The first-order chi connectivity index (χ1) is 11.5. The molecule has 0 atom stereocenters. The van der Waals surface area contributed by atoms with E-state index >= 15 is 0 Å². The summed E-state index contributed by atoms with van der Waals surface area (Å²) in [7, 11) is 0. The maximum Gasteiger partial charge on any atom is 0.250 e. The topological polar surface area (TPSA) is 49.8 Å². The number of carbonyl (C=O) groups is 1. The molecule has 2 rings (SSSR count). The minimum absolute atomic E-state index is 0.180. The van der Waals surface area contributed by atoms with Gasteiger partial charge in [0.2, 0.25) is 5.91 Å². The van der Waals surface area contributed by atoms with E-state index in [2.05, 4.69) is 13.0 Å². The predicted molar refractivity (Wildman–Crippen MR) is 95.9 cm³/mol. The van der Waals surface area contributed by atoms with Gasteiger partial charge in [0.05, 0.1) is 10.7 Å². The second-order valence-electron chi connectivity index (χ2n) is 5.55. The largest absolute Gasteiger partial charge is 0.489 e. The van der Waals surface area contributed by atoms with Crippen LogP contribution < -0.4 is 9.80 Å². The highest BCUT2D eigenvalue weighted by atomic mass is 35.5. The Bertz CT molecular complexity index is 731. The summed E-state index contributed by atoms with van der Waals surface area (Å²) in [6.45, 7) is 5.98. The van der Waals surface area contributed by atoms with Crippen LogP contribution in [0.1, 0.15) is 37.0 Å². The first kappa shape index (κ1) is 18.3. The monoisotopic (exact) mass is 347 g/mol. The summed E-state index contributed by atoms with van der Waals surface area (Å²) >= 11 is 6.17. The van der Waals surface area contributed by atoms with Gasteiger partial charge >= 0.3 is 0 Å². The number of hydrogen-bond acceptors (Lipinski definition) is 3. The van der Waals surface area contributed by atoms with Crippen molar-refractivity contribution in [3.05, 3.63) is 58.1 Å². The molecule has 0 spiro atoms. The molecule has 4 nitrogen and oxygen atoms in total. The second kappa shape index (κ2) is 8.18. The molecule has 5 heteroatoms. The Balaban J connectivity index is 2.24. The minimum Gasteiger partial charge on any atom is -0.489 e. The molecule has 0 bridgehead atoms. The average molecular weight is 348 g/mol. The second-order valence-corrected chi connectivity index (χ2v) is 5.96. The quantitative estimate of drug-likeness (QED) is 0.596. The molecule has 0 saturated carbocycles. The van der Waals surface area contributed by atoms with E-state index in [0.29, 0.717) is 15.6 Å². The molecule has 0 radical (unpaired) electrons. The van der Waals surface area contributed by atoms with Crippen LogP contribution in [0.2, 0.25) is 5.02 Å². The van der Waals surface area contributed by atoms with Crippen molar-refractivity contribution in [1.29, 1.82) is 0 Å². The molecule has 2 aromatic carbocycles. The molecule has 0 aromatic heterocycles. The summed E-state index contributed by atoms with van der Waals surface area (Å²) in [6.07, 6.45) is 1.15. The van der Waals surface area contributed by atoms with Gasteiger partial charge in [-0.05, 0) is 36.6 Å². The summed E-state index contributed by atoms with van der Waals surface area (Å²) < 4.78 is 5.87. The average Bonchev–Trinajstić information content (AvgIpc) is 2.59. The Morgan fingerprint density at radius 2 is 2.00 bits per heavy atom. The van der Waals surface area contributed by atoms with Gasteiger partial charge in [0.1, 0.15) is 12.4 Å². The van der Waals surface area contributed by atoms with Crippen molar-refractivity contribution in [3.63, 3.8) is 0 Å². The standard InChI is InChI=1S/C19H22ClNO3/c1-4-14-9-10-17(13(3)11-14)24-12-15-7-6-8-16(20)19(15)21(23)18(22)5-2/h6-11,23H,4-5,12H2,1-3H3. The molecule has 2 aromatic rings. The lowest BCUT2D eigenvalue weighted by atomic mass is 10.1. The predicted octanol–water partition coefficient (Wildman–Crippen LogP) is 4.92. The molecule has 0 aliphatic heterocycles. The molecule has 24 heavy (non-hydrogen) atoms. The van der Waals surface area contributed by atoms with Crippen LogP contribution in [0.15, 0.2) is 36.4 Å². The van der Waals surface area contributed by atoms with Gasteiger partial charge in [0.15, 0.2) is 0 Å². The third kappa shape index (κ3) is 4.08. The Kier molecular flexibility index (Phi) is 6.23. The van der Waals surface area contributed by atoms with E-state index in [1.165, 1.54) is 5.56 Å². The minimum atomic E-state index is -0.423. The van der Waals surface area contributed by atoms with Gasteiger partial charge in [0.25, 0.3) is 0 Å². The van der Waals surface area contributed by atoms with E-state index in [9.17, 15) is 10.0 Å². The summed E-state index contributed by atoms with van der Waals surface area (Å²) in [5, 5.41) is 11.0. The van der Waals surface area contributed by atoms with Gasteiger partial charge in [0, 0.05) is 12.0 Å². The van der Waals surface area contributed by atoms with Crippen molar-refractivity contribution < 1.29 is 14.7 Å². The number of hydroxylamine groups is 1. The first-order valence-corrected chi connectivity index (χ1v) is 8.37. The van der Waals surface area contributed by atoms with E-state index in [1.54, 1.807) is 25.1 Å². The molecule has 0 unspecified atom stereocenters. The summed E-state index contributed by atoms with van der Waals surface area (Å²) in [4.78, 5) is 11.8. The van der Waals surface area contributed by atoms with Crippen molar-refractivity contribution in [2.75, 3.05) is 5.06 Å². The molecule has 0 saturated heterocycles. The normalized spacial score (nSPS) is 10.5. The molecular formula is C19H22ClNO3. The molecule has 0 aliphatic rings.